The molecule has 0 amide bonds. The molecule has 4 heteroatoms. The fourth-order valence-electron chi connectivity index (χ4n) is 2.97. The zero-order valence-electron chi connectivity index (χ0n) is 13.7. The second kappa shape index (κ2) is 6.67. The molecule has 1 aromatic carbocycles. The van der Waals surface area contributed by atoms with Gasteiger partial charge in [-0.3, -0.25) is 4.90 Å². The molecule has 0 radical (unpaired) electrons. The summed E-state index contributed by atoms with van der Waals surface area (Å²) in [5.41, 5.74) is 7.64. The molecule has 1 heterocycles. The largest absolute Gasteiger partial charge is 0.493 e. The topological polar surface area (TPSA) is 47.7 Å². The van der Waals surface area contributed by atoms with E-state index in [4.69, 9.17) is 15.2 Å². The van der Waals surface area contributed by atoms with Crippen LogP contribution in [-0.4, -0.2) is 37.7 Å². The van der Waals surface area contributed by atoms with Crippen LogP contribution < -0.4 is 15.2 Å². The first-order chi connectivity index (χ1) is 9.96. The van der Waals surface area contributed by atoms with E-state index in [1.807, 2.05) is 13.0 Å². The van der Waals surface area contributed by atoms with E-state index in [0.29, 0.717) is 12.6 Å². The molecule has 4 nitrogen and oxygen atoms in total. The van der Waals surface area contributed by atoms with Gasteiger partial charge in [-0.2, -0.15) is 0 Å². The Balaban J connectivity index is 2.07. The van der Waals surface area contributed by atoms with Crippen LogP contribution in [0.25, 0.3) is 0 Å². The second-order valence-corrected chi connectivity index (χ2v) is 6.51. The molecule has 1 aliphatic rings. The summed E-state index contributed by atoms with van der Waals surface area (Å²) in [6, 6.07) is 6.48. The van der Waals surface area contributed by atoms with E-state index in [1.165, 1.54) is 5.56 Å². The summed E-state index contributed by atoms with van der Waals surface area (Å²) in [5, 5.41) is 0. The minimum atomic E-state index is 0.174. The van der Waals surface area contributed by atoms with Crippen molar-refractivity contribution in [2.24, 2.45) is 11.1 Å². The highest BCUT2D eigenvalue weighted by atomic mass is 16.5. The molecule has 1 aromatic rings. The van der Waals surface area contributed by atoms with Gasteiger partial charge in [0.1, 0.15) is 0 Å². The second-order valence-electron chi connectivity index (χ2n) is 6.51. The van der Waals surface area contributed by atoms with Gasteiger partial charge in [0.05, 0.1) is 13.7 Å². The Bertz CT molecular complexity index is 474. The van der Waals surface area contributed by atoms with Gasteiger partial charge in [0, 0.05) is 25.7 Å². The van der Waals surface area contributed by atoms with Crippen LogP contribution in [0.5, 0.6) is 11.5 Å². The molecule has 1 aliphatic heterocycles. The number of benzene rings is 1. The van der Waals surface area contributed by atoms with Crippen LogP contribution in [0.2, 0.25) is 0 Å². The van der Waals surface area contributed by atoms with Gasteiger partial charge in [0.15, 0.2) is 11.5 Å². The van der Waals surface area contributed by atoms with Crippen molar-refractivity contribution in [1.82, 2.24) is 4.90 Å². The third-order valence-corrected chi connectivity index (χ3v) is 4.33. The predicted octanol–water partition coefficient (Wildman–Crippen LogP) is 2.65. The van der Waals surface area contributed by atoms with E-state index in [2.05, 4.69) is 30.9 Å². The standard InChI is InChI=1S/C17H28N2O2/c1-5-21-15-10-13(6-7-14(15)20-4)11-19-9-8-16(18)17(2,3)12-19/h6-7,10,16H,5,8-9,11-12,18H2,1-4H3. The van der Waals surface area contributed by atoms with Gasteiger partial charge in [-0.15, -0.1) is 0 Å². The quantitative estimate of drug-likeness (QED) is 0.906. The van der Waals surface area contributed by atoms with Crippen LogP contribution in [0.15, 0.2) is 18.2 Å². The Kier molecular flexibility index (Phi) is 5.12. The molecule has 1 fully saturated rings. The molecule has 0 aliphatic carbocycles. The lowest BCUT2D eigenvalue weighted by Gasteiger charge is -2.42. The van der Waals surface area contributed by atoms with Crippen LogP contribution >= 0.6 is 0 Å². The maximum absolute atomic E-state index is 6.21. The van der Waals surface area contributed by atoms with Gasteiger partial charge in [-0.1, -0.05) is 19.9 Å². The fraction of sp³-hybridized carbons (Fsp3) is 0.647. The van der Waals surface area contributed by atoms with Crippen molar-refractivity contribution in [2.75, 3.05) is 26.8 Å². The molecule has 118 valence electrons. The van der Waals surface area contributed by atoms with Crippen molar-refractivity contribution in [3.8, 4) is 11.5 Å². The van der Waals surface area contributed by atoms with Crippen molar-refractivity contribution in [3.63, 3.8) is 0 Å². The molecule has 0 saturated carbocycles. The minimum absolute atomic E-state index is 0.174. The van der Waals surface area contributed by atoms with E-state index >= 15 is 0 Å². The molecule has 1 unspecified atom stereocenters. The smallest absolute Gasteiger partial charge is 0.161 e. The Morgan fingerprint density at radius 2 is 2.10 bits per heavy atom. The first-order valence-corrected chi connectivity index (χ1v) is 7.74. The van der Waals surface area contributed by atoms with E-state index in [0.717, 1.165) is 37.6 Å². The van der Waals surface area contributed by atoms with Gasteiger partial charge in [0.25, 0.3) is 0 Å². The summed E-state index contributed by atoms with van der Waals surface area (Å²) in [4.78, 5) is 2.47. The SMILES string of the molecule is CCOc1cc(CN2CCC(N)C(C)(C)C2)ccc1OC. The minimum Gasteiger partial charge on any atom is -0.493 e. The molecule has 1 atom stereocenters. The number of rotatable bonds is 5. The van der Waals surface area contributed by atoms with Crippen LogP contribution in [0, 0.1) is 5.41 Å². The Labute approximate surface area is 128 Å². The number of ether oxygens (including phenoxy) is 2. The van der Waals surface area contributed by atoms with Crippen molar-refractivity contribution in [3.05, 3.63) is 23.8 Å². The molecular weight excluding hydrogens is 264 g/mol. The molecular formula is C17H28N2O2. The zero-order chi connectivity index (χ0) is 15.5. The Hall–Kier alpha value is -1.26. The van der Waals surface area contributed by atoms with Crippen LogP contribution in [0.4, 0.5) is 0 Å². The Morgan fingerprint density at radius 1 is 1.33 bits per heavy atom. The van der Waals surface area contributed by atoms with Crippen molar-refractivity contribution in [1.29, 1.82) is 0 Å². The van der Waals surface area contributed by atoms with Crippen molar-refractivity contribution < 1.29 is 9.47 Å². The number of nitrogens with two attached hydrogens (primary N) is 1. The molecule has 1 saturated heterocycles. The number of methoxy groups -OCH3 is 1. The first-order valence-electron chi connectivity index (χ1n) is 7.74. The van der Waals surface area contributed by atoms with Crippen molar-refractivity contribution in [2.45, 2.75) is 39.8 Å². The summed E-state index contributed by atoms with van der Waals surface area (Å²) in [6.07, 6.45) is 1.06. The third kappa shape index (κ3) is 3.89. The van der Waals surface area contributed by atoms with E-state index < -0.39 is 0 Å². The van der Waals surface area contributed by atoms with Gasteiger partial charge in [-0.25, -0.2) is 0 Å². The van der Waals surface area contributed by atoms with Gasteiger partial charge in [0.2, 0.25) is 0 Å². The average Bonchev–Trinajstić information content (AvgIpc) is 2.43. The van der Waals surface area contributed by atoms with Gasteiger partial charge in [-0.05, 0) is 36.5 Å². The summed E-state index contributed by atoms with van der Waals surface area (Å²) < 4.78 is 11.0. The number of hydrogen-bond acceptors (Lipinski definition) is 4. The third-order valence-electron chi connectivity index (χ3n) is 4.33. The summed E-state index contributed by atoms with van der Waals surface area (Å²) in [7, 11) is 1.67. The summed E-state index contributed by atoms with van der Waals surface area (Å²) >= 11 is 0. The molecule has 21 heavy (non-hydrogen) atoms. The fourth-order valence-corrected chi connectivity index (χ4v) is 2.97. The van der Waals surface area contributed by atoms with E-state index in [-0.39, 0.29) is 5.41 Å². The molecule has 0 spiro atoms. The maximum Gasteiger partial charge on any atom is 0.161 e. The number of likely N-dealkylation sites (tertiary alicyclic amines) is 1. The number of piperidine rings is 1. The predicted molar refractivity (Wildman–Crippen MR) is 85.8 cm³/mol. The average molecular weight is 292 g/mol. The van der Waals surface area contributed by atoms with Gasteiger partial charge >= 0.3 is 0 Å². The summed E-state index contributed by atoms with van der Waals surface area (Å²) in [6.45, 7) is 10.2. The Morgan fingerprint density at radius 3 is 2.71 bits per heavy atom. The van der Waals surface area contributed by atoms with Gasteiger partial charge < -0.3 is 15.2 Å². The molecule has 0 aromatic heterocycles. The highest BCUT2D eigenvalue weighted by Crippen LogP contribution is 2.31. The zero-order valence-corrected chi connectivity index (χ0v) is 13.7. The maximum atomic E-state index is 6.21. The van der Waals surface area contributed by atoms with E-state index in [9.17, 15) is 0 Å². The van der Waals surface area contributed by atoms with Crippen LogP contribution in [0.1, 0.15) is 32.8 Å². The molecule has 2 rings (SSSR count). The lowest BCUT2D eigenvalue weighted by molar-refractivity contribution is 0.0898. The highest BCUT2D eigenvalue weighted by Gasteiger charge is 2.33. The molecule has 2 N–H and O–H groups in total. The number of hydrogen-bond donors (Lipinski definition) is 1. The first kappa shape index (κ1) is 16.1. The monoisotopic (exact) mass is 292 g/mol. The summed E-state index contributed by atoms with van der Waals surface area (Å²) in [5.74, 6) is 1.62. The van der Waals surface area contributed by atoms with Crippen molar-refractivity contribution >= 4 is 0 Å². The normalized spacial score (nSPS) is 22.0. The van der Waals surface area contributed by atoms with Crippen LogP contribution in [-0.2, 0) is 6.54 Å². The lowest BCUT2D eigenvalue weighted by atomic mass is 9.79. The highest BCUT2D eigenvalue weighted by molar-refractivity contribution is 5.43. The van der Waals surface area contributed by atoms with Crippen LogP contribution in [0.3, 0.4) is 0 Å². The van der Waals surface area contributed by atoms with E-state index in [1.54, 1.807) is 7.11 Å². The molecule has 0 bridgehead atoms. The number of nitrogens with zero attached hydrogens (tertiary/aromatic N) is 1. The lowest BCUT2D eigenvalue weighted by Crippen LogP contribution is -2.52.